The predicted octanol–water partition coefficient (Wildman–Crippen LogP) is 2.38. The van der Waals surface area contributed by atoms with Gasteiger partial charge in [-0.15, -0.1) is 0 Å². The zero-order valence-electron chi connectivity index (χ0n) is 11.1. The molecular formula is C15H19NO3. The van der Waals surface area contributed by atoms with Crippen molar-refractivity contribution < 1.29 is 14.7 Å². The summed E-state index contributed by atoms with van der Waals surface area (Å²) in [6, 6.07) is 6.90. The summed E-state index contributed by atoms with van der Waals surface area (Å²) in [6.45, 7) is 2.05. The van der Waals surface area contributed by atoms with Crippen molar-refractivity contribution in [2.75, 3.05) is 0 Å². The van der Waals surface area contributed by atoms with Crippen molar-refractivity contribution in [3.05, 3.63) is 35.4 Å². The summed E-state index contributed by atoms with van der Waals surface area (Å²) in [5.74, 6) is -1.09. The van der Waals surface area contributed by atoms with Crippen LogP contribution in [0.1, 0.15) is 48.5 Å². The van der Waals surface area contributed by atoms with E-state index < -0.39 is 5.97 Å². The molecule has 0 saturated heterocycles. The Morgan fingerprint density at radius 2 is 1.89 bits per heavy atom. The fourth-order valence-electron chi connectivity index (χ4n) is 2.68. The van der Waals surface area contributed by atoms with Gasteiger partial charge in [0.2, 0.25) is 0 Å². The van der Waals surface area contributed by atoms with Crippen LogP contribution in [0.25, 0.3) is 0 Å². The Morgan fingerprint density at radius 3 is 2.53 bits per heavy atom. The van der Waals surface area contributed by atoms with Crippen LogP contribution in [0.15, 0.2) is 24.3 Å². The number of aliphatic carboxylic acids is 1. The average molecular weight is 261 g/mol. The van der Waals surface area contributed by atoms with Crippen LogP contribution in [0.3, 0.4) is 0 Å². The number of hydrogen-bond donors (Lipinski definition) is 2. The van der Waals surface area contributed by atoms with Gasteiger partial charge in [-0.25, -0.2) is 0 Å². The second-order valence-electron chi connectivity index (χ2n) is 5.45. The molecule has 1 aliphatic rings. The molecule has 0 atom stereocenters. The Bertz CT molecular complexity index is 490. The molecule has 1 aromatic carbocycles. The fourth-order valence-corrected chi connectivity index (χ4v) is 2.68. The molecule has 1 saturated carbocycles. The van der Waals surface area contributed by atoms with Crippen LogP contribution < -0.4 is 5.32 Å². The molecule has 0 heterocycles. The summed E-state index contributed by atoms with van der Waals surface area (Å²) in [4.78, 5) is 23.1. The first kappa shape index (κ1) is 13.6. The van der Waals surface area contributed by atoms with E-state index >= 15 is 0 Å². The van der Waals surface area contributed by atoms with Gasteiger partial charge in [0.25, 0.3) is 5.91 Å². The number of benzene rings is 1. The van der Waals surface area contributed by atoms with Crippen LogP contribution in [0.2, 0.25) is 0 Å². The highest BCUT2D eigenvalue weighted by Crippen LogP contribution is 2.29. The van der Waals surface area contributed by atoms with Gasteiger partial charge in [-0.3, -0.25) is 9.59 Å². The van der Waals surface area contributed by atoms with Crippen molar-refractivity contribution in [2.24, 2.45) is 0 Å². The minimum atomic E-state index is -0.924. The number of carboxylic acid groups (broad SMARTS) is 1. The first-order valence-electron chi connectivity index (χ1n) is 6.62. The molecule has 4 heteroatoms. The molecule has 0 bridgehead atoms. The van der Waals surface area contributed by atoms with Gasteiger partial charge in [0.1, 0.15) is 0 Å². The monoisotopic (exact) mass is 261 g/mol. The maximum absolute atomic E-state index is 12.3. The molecular weight excluding hydrogens is 242 g/mol. The Hall–Kier alpha value is -1.84. The van der Waals surface area contributed by atoms with E-state index in [1.807, 2.05) is 0 Å². The van der Waals surface area contributed by atoms with Crippen molar-refractivity contribution in [3.8, 4) is 0 Å². The lowest BCUT2D eigenvalue weighted by Crippen LogP contribution is -2.43. The molecule has 1 fully saturated rings. The maximum atomic E-state index is 12.3. The van der Waals surface area contributed by atoms with E-state index in [0.717, 1.165) is 25.7 Å². The molecule has 0 spiro atoms. The minimum Gasteiger partial charge on any atom is -0.481 e. The minimum absolute atomic E-state index is 0.125. The van der Waals surface area contributed by atoms with Crippen LogP contribution >= 0.6 is 0 Å². The lowest BCUT2D eigenvalue weighted by molar-refractivity contribution is -0.136. The van der Waals surface area contributed by atoms with Crippen LogP contribution in [0, 0.1) is 0 Å². The smallest absolute Gasteiger partial charge is 0.307 e. The third kappa shape index (κ3) is 3.34. The highest BCUT2D eigenvalue weighted by atomic mass is 16.4. The van der Waals surface area contributed by atoms with Gasteiger partial charge in [0.15, 0.2) is 0 Å². The van der Waals surface area contributed by atoms with Gasteiger partial charge >= 0.3 is 5.97 Å². The molecule has 2 rings (SSSR count). The van der Waals surface area contributed by atoms with Gasteiger partial charge in [-0.05, 0) is 31.4 Å². The predicted molar refractivity (Wildman–Crippen MR) is 72.1 cm³/mol. The van der Waals surface area contributed by atoms with Gasteiger partial charge < -0.3 is 10.4 Å². The highest BCUT2D eigenvalue weighted by Gasteiger charge is 2.30. The van der Waals surface area contributed by atoms with Crippen molar-refractivity contribution in [1.82, 2.24) is 5.32 Å². The number of carbonyl (C=O) groups excluding carboxylic acids is 1. The normalized spacial score (nSPS) is 17.1. The van der Waals surface area contributed by atoms with Crippen molar-refractivity contribution in [2.45, 2.75) is 44.6 Å². The van der Waals surface area contributed by atoms with E-state index in [0.29, 0.717) is 11.1 Å². The molecule has 4 nitrogen and oxygen atoms in total. The largest absolute Gasteiger partial charge is 0.481 e. The molecule has 1 aliphatic carbocycles. The maximum Gasteiger partial charge on any atom is 0.307 e. The van der Waals surface area contributed by atoms with Gasteiger partial charge in [-0.2, -0.15) is 0 Å². The number of amides is 1. The Kier molecular flexibility index (Phi) is 3.88. The van der Waals surface area contributed by atoms with Gasteiger partial charge in [-0.1, -0.05) is 31.0 Å². The third-order valence-corrected chi connectivity index (χ3v) is 3.73. The zero-order chi connectivity index (χ0) is 13.9. The van der Waals surface area contributed by atoms with E-state index in [9.17, 15) is 9.59 Å². The molecule has 0 aromatic heterocycles. The van der Waals surface area contributed by atoms with Crippen LogP contribution in [0.4, 0.5) is 0 Å². The second-order valence-corrected chi connectivity index (χ2v) is 5.45. The molecule has 0 aliphatic heterocycles. The van der Waals surface area contributed by atoms with Gasteiger partial charge in [0.05, 0.1) is 6.42 Å². The summed E-state index contributed by atoms with van der Waals surface area (Å²) >= 11 is 0. The first-order chi connectivity index (χ1) is 9.00. The van der Waals surface area contributed by atoms with Gasteiger partial charge in [0, 0.05) is 11.1 Å². The molecule has 102 valence electrons. The summed E-state index contributed by atoms with van der Waals surface area (Å²) < 4.78 is 0. The molecule has 19 heavy (non-hydrogen) atoms. The Balaban J connectivity index is 2.16. The first-order valence-corrected chi connectivity index (χ1v) is 6.62. The molecule has 1 amide bonds. The van der Waals surface area contributed by atoms with Crippen LogP contribution in [0.5, 0.6) is 0 Å². The standard InChI is InChI=1S/C15H19NO3/c1-15(8-4-5-9-15)16-14(19)12-7-3-2-6-11(12)10-13(17)18/h2-3,6-7H,4-5,8-10H2,1H3,(H,16,19)(H,17,18). The lowest BCUT2D eigenvalue weighted by Gasteiger charge is -2.25. The molecule has 0 radical (unpaired) electrons. The van der Waals surface area contributed by atoms with Crippen LogP contribution in [-0.2, 0) is 11.2 Å². The SMILES string of the molecule is CC1(NC(=O)c2ccccc2CC(=O)O)CCCC1. The van der Waals surface area contributed by atoms with E-state index in [1.54, 1.807) is 24.3 Å². The molecule has 0 unspecified atom stereocenters. The number of carbonyl (C=O) groups is 2. The Morgan fingerprint density at radius 1 is 1.26 bits per heavy atom. The summed E-state index contributed by atoms with van der Waals surface area (Å²) in [6.07, 6.45) is 4.11. The quantitative estimate of drug-likeness (QED) is 0.874. The number of carboxylic acids is 1. The van der Waals surface area contributed by atoms with E-state index in [4.69, 9.17) is 5.11 Å². The van der Waals surface area contributed by atoms with E-state index in [2.05, 4.69) is 12.2 Å². The third-order valence-electron chi connectivity index (χ3n) is 3.73. The summed E-state index contributed by atoms with van der Waals surface area (Å²) in [7, 11) is 0. The average Bonchev–Trinajstić information content (AvgIpc) is 2.75. The van der Waals surface area contributed by atoms with Crippen molar-refractivity contribution in [1.29, 1.82) is 0 Å². The fraction of sp³-hybridized carbons (Fsp3) is 0.467. The van der Waals surface area contributed by atoms with E-state index in [1.165, 1.54) is 0 Å². The number of nitrogens with one attached hydrogen (secondary N) is 1. The lowest BCUT2D eigenvalue weighted by atomic mass is 9.98. The Labute approximate surface area is 112 Å². The van der Waals surface area contributed by atoms with Crippen LogP contribution in [-0.4, -0.2) is 22.5 Å². The molecule has 1 aromatic rings. The topological polar surface area (TPSA) is 66.4 Å². The van der Waals surface area contributed by atoms with E-state index in [-0.39, 0.29) is 17.9 Å². The number of hydrogen-bond acceptors (Lipinski definition) is 2. The summed E-state index contributed by atoms with van der Waals surface area (Å²) in [5.41, 5.74) is 0.889. The second kappa shape index (κ2) is 5.43. The highest BCUT2D eigenvalue weighted by molar-refractivity contribution is 5.97. The summed E-state index contributed by atoms with van der Waals surface area (Å²) in [5, 5.41) is 11.9. The molecule has 2 N–H and O–H groups in total. The van der Waals surface area contributed by atoms with Crippen molar-refractivity contribution in [3.63, 3.8) is 0 Å². The zero-order valence-corrected chi connectivity index (χ0v) is 11.1. The van der Waals surface area contributed by atoms with Crippen molar-refractivity contribution >= 4 is 11.9 Å². The number of rotatable bonds is 4.